The number of hydrogen-bond donors (Lipinski definition) is 2. The van der Waals surface area contributed by atoms with Gasteiger partial charge in [0.1, 0.15) is 12.4 Å². The van der Waals surface area contributed by atoms with Gasteiger partial charge < -0.3 is 15.2 Å². The van der Waals surface area contributed by atoms with Crippen molar-refractivity contribution in [3.8, 4) is 0 Å². The Bertz CT molecular complexity index is 1660. The van der Waals surface area contributed by atoms with E-state index in [0.29, 0.717) is 16.6 Å². The van der Waals surface area contributed by atoms with E-state index in [4.69, 9.17) is 0 Å². The van der Waals surface area contributed by atoms with Crippen LogP contribution in [0.5, 0.6) is 0 Å². The number of carbonyl (C=O) groups excluding carboxylic acids is 1. The lowest BCUT2D eigenvalue weighted by Crippen LogP contribution is -2.18. The zero-order chi connectivity index (χ0) is 25.8. The second-order valence-electron chi connectivity index (χ2n) is 8.61. The summed E-state index contributed by atoms with van der Waals surface area (Å²) < 4.78 is 42.2. The quantitative estimate of drug-likeness (QED) is 0.261. The van der Waals surface area contributed by atoms with Gasteiger partial charge in [-0.2, -0.15) is 0 Å². The molecule has 6 nitrogen and oxygen atoms in total. The summed E-state index contributed by atoms with van der Waals surface area (Å²) in [4.78, 5) is 12.9. The van der Waals surface area contributed by atoms with Crippen molar-refractivity contribution in [1.29, 1.82) is 0 Å². The third-order valence-electron chi connectivity index (χ3n) is 5.94. The van der Waals surface area contributed by atoms with Crippen molar-refractivity contribution >= 4 is 43.7 Å². The number of amides is 1. The molecule has 0 atom stereocenters. The Morgan fingerprint density at radius 2 is 1.38 bits per heavy atom. The molecular formula is C29H24FN3O3S. The molecule has 1 amide bonds. The summed E-state index contributed by atoms with van der Waals surface area (Å²) in [6.45, 7) is -0.0836. The molecular weight excluding hydrogens is 489 g/mol. The molecule has 37 heavy (non-hydrogen) atoms. The molecule has 0 aliphatic heterocycles. The fourth-order valence-electron chi connectivity index (χ4n) is 4.17. The SMILES string of the molecule is O=C(Cn1cc(S(=O)(=O)Cc2ccccc2F)c2ccccc21)Nc1ccc(Nc2ccccc2)cc1. The molecule has 1 heterocycles. The summed E-state index contributed by atoms with van der Waals surface area (Å²) in [6, 6.07) is 29.8. The van der Waals surface area contributed by atoms with Crippen molar-refractivity contribution in [3.63, 3.8) is 0 Å². The minimum Gasteiger partial charge on any atom is -0.356 e. The monoisotopic (exact) mass is 513 g/mol. The standard InChI is InChI=1S/C29H24FN3O3S/c30-26-12-6-4-8-21(26)20-37(35,36)28-18-33(27-13-7-5-11-25(27)28)19-29(34)32-24-16-14-23(15-17-24)31-22-9-2-1-3-10-22/h1-18,31H,19-20H2,(H,32,34). The van der Waals surface area contributed by atoms with Crippen molar-refractivity contribution in [1.82, 2.24) is 4.57 Å². The van der Waals surface area contributed by atoms with Gasteiger partial charge in [-0.3, -0.25) is 4.79 Å². The van der Waals surface area contributed by atoms with Crippen LogP contribution in [0.15, 0.2) is 114 Å². The van der Waals surface area contributed by atoms with Crippen LogP contribution in [0.2, 0.25) is 0 Å². The summed E-state index contributed by atoms with van der Waals surface area (Å²) in [5.41, 5.74) is 3.16. The molecule has 0 aliphatic carbocycles. The molecule has 0 unspecified atom stereocenters. The Hall–Kier alpha value is -4.43. The lowest BCUT2D eigenvalue weighted by atomic mass is 10.2. The summed E-state index contributed by atoms with van der Waals surface area (Å²) in [5.74, 6) is -1.34. The third kappa shape index (κ3) is 5.54. The van der Waals surface area contributed by atoms with Gasteiger partial charge in [0.05, 0.1) is 10.6 Å². The van der Waals surface area contributed by atoms with Crippen molar-refractivity contribution in [2.75, 3.05) is 10.6 Å². The van der Waals surface area contributed by atoms with E-state index in [-0.39, 0.29) is 22.9 Å². The van der Waals surface area contributed by atoms with E-state index in [1.807, 2.05) is 42.5 Å². The van der Waals surface area contributed by atoms with Crippen LogP contribution in [0.4, 0.5) is 21.5 Å². The molecule has 5 rings (SSSR count). The molecule has 186 valence electrons. The van der Waals surface area contributed by atoms with E-state index in [9.17, 15) is 17.6 Å². The molecule has 0 saturated heterocycles. The van der Waals surface area contributed by atoms with Crippen LogP contribution in [-0.4, -0.2) is 18.9 Å². The fourth-order valence-corrected chi connectivity index (χ4v) is 5.76. The first-order valence-electron chi connectivity index (χ1n) is 11.6. The Kier molecular flexibility index (Phi) is 6.74. The number of nitrogens with one attached hydrogen (secondary N) is 2. The molecule has 5 aromatic rings. The van der Waals surface area contributed by atoms with Crippen LogP contribution in [0.1, 0.15) is 5.56 Å². The Balaban J connectivity index is 1.33. The van der Waals surface area contributed by atoms with Gasteiger partial charge in [-0.15, -0.1) is 0 Å². The number of benzene rings is 4. The van der Waals surface area contributed by atoms with Crippen molar-refractivity contribution < 1.29 is 17.6 Å². The van der Waals surface area contributed by atoms with Crippen molar-refractivity contribution in [2.24, 2.45) is 0 Å². The van der Waals surface area contributed by atoms with Gasteiger partial charge in [0.15, 0.2) is 9.84 Å². The highest BCUT2D eigenvalue weighted by Gasteiger charge is 2.23. The number of rotatable bonds is 8. The van der Waals surface area contributed by atoms with Crippen LogP contribution < -0.4 is 10.6 Å². The number of nitrogens with zero attached hydrogens (tertiary/aromatic N) is 1. The smallest absolute Gasteiger partial charge is 0.244 e. The Morgan fingerprint density at radius 1 is 0.757 bits per heavy atom. The van der Waals surface area contributed by atoms with Crippen LogP contribution in [0.3, 0.4) is 0 Å². The number of carbonyl (C=O) groups is 1. The van der Waals surface area contributed by atoms with Crippen molar-refractivity contribution in [2.45, 2.75) is 17.2 Å². The first-order chi connectivity index (χ1) is 17.9. The van der Waals surface area contributed by atoms with E-state index in [1.165, 1.54) is 24.4 Å². The maximum atomic E-state index is 14.1. The fraction of sp³-hybridized carbons (Fsp3) is 0.0690. The summed E-state index contributed by atoms with van der Waals surface area (Å²) in [6.07, 6.45) is 1.45. The topological polar surface area (TPSA) is 80.2 Å². The summed E-state index contributed by atoms with van der Waals surface area (Å²) in [7, 11) is -3.87. The van der Waals surface area contributed by atoms with E-state index in [1.54, 1.807) is 47.0 Å². The average molecular weight is 514 g/mol. The average Bonchev–Trinajstić information content (AvgIpc) is 3.26. The number of anilines is 3. The van der Waals surface area contributed by atoms with Gasteiger partial charge >= 0.3 is 0 Å². The highest BCUT2D eigenvalue weighted by molar-refractivity contribution is 7.90. The molecule has 2 N–H and O–H groups in total. The zero-order valence-corrected chi connectivity index (χ0v) is 20.6. The van der Waals surface area contributed by atoms with Gasteiger partial charge in [0, 0.05) is 39.7 Å². The molecule has 0 fully saturated rings. The third-order valence-corrected chi connectivity index (χ3v) is 7.62. The number of hydrogen-bond acceptors (Lipinski definition) is 4. The normalized spacial score (nSPS) is 11.4. The molecule has 1 aromatic heterocycles. The predicted octanol–water partition coefficient (Wildman–Crippen LogP) is 6.14. The van der Waals surface area contributed by atoms with E-state index in [0.717, 1.165) is 11.4 Å². The van der Waals surface area contributed by atoms with Gasteiger partial charge in [-0.05, 0) is 48.5 Å². The maximum absolute atomic E-state index is 14.1. The van der Waals surface area contributed by atoms with Crippen LogP contribution >= 0.6 is 0 Å². The van der Waals surface area contributed by atoms with E-state index < -0.39 is 21.4 Å². The van der Waals surface area contributed by atoms with Gasteiger partial charge in [-0.25, -0.2) is 12.8 Å². The number of sulfone groups is 1. The number of aromatic nitrogens is 1. The van der Waals surface area contributed by atoms with E-state index in [2.05, 4.69) is 10.6 Å². The number of para-hydroxylation sites is 2. The second-order valence-corrected chi connectivity index (χ2v) is 10.6. The van der Waals surface area contributed by atoms with Crippen molar-refractivity contribution in [3.05, 3.63) is 121 Å². The largest absolute Gasteiger partial charge is 0.356 e. The highest BCUT2D eigenvalue weighted by Crippen LogP contribution is 2.29. The Morgan fingerprint density at radius 3 is 2.14 bits per heavy atom. The lowest BCUT2D eigenvalue weighted by Gasteiger charge is -2.10. The molecule has 4 aromatic carbocycles. The van der Waals surface area contributed by atoms with Gasteiger partial charge in [-0.1, -0.05) is 54.6 Å². The zero-order valence-electron chi connectivity index (χ0n) is 19.8. The van der Waals surface area contributed by atoms with Crippen LogP contribution in [0, 0.1) is 5.82 Å². The Labute approximate surface area is 214 Å². The van der Waals surface area contributed by atoms with E-state index >= 15 is 0 Å². The molecule has 0 radical (unpaired) electrons. The first-order valence-corrected chi connectivity index (χ1v) is 13.3. The highest BCUT2D eigenvalue weighted by atomic mass is 32.2. The minimum atomic E-state index is -3.87. The second kappa shape index (κ2) is 10.3. The predicted molar refractivity (Wildman–Crippen MR) is 144 cm³/mol. The number of halogens is 1. The summed E-state index contributed by atoms with van der Waals surface area (Å²) in [5, 5.41) is 6.63. The van der Waals surface area contributed by atoms with Gasteiger partial charge in [0.25, 0.3) is 0 Å². The van der Waals surface area contributed by atoms with Crippen LogP contribution in [0.25, 0.3) is 10.9 Å². The lowest BCUT2D eigenvalue weighted by molar-refractivity contribution is -0.116. The molecule has 0 spiro atoms. The molecule has 0 bridgehead atoms. The number of fused-ring (bicyclic) bond motifs is 1. The maximum Gasteiger partial charge on any atom is 0.244 e. The summed E-state index contributed by atoms with van der Waals surface area (Å²) >= 11 is 0. The van der Waals surface area contributed by atoms with Crippen LogP contribution in [-0.2, 0) is 26.9 Å². The molecule has 8 heteroatoms. The minimum absolute atomic E-state index is 0.0653. The molecule has 0 aliphatic rings. The molecule has 0 saturated carbocycles. The first kappa shape index (κ1) is 24.3. The van der Waals surface area contributed by atoms with Gasteiger partial charge in [0.2, 0.25) is 5.91 Å².